The van der Waals surface area contributed by atoms with Crippen LogP contribution < -0.4 is 15.5 Å². The van der Waals surface area contributed by atoms with E-state index < -0.39 is 0 Å². The molecule has 0 amide bonds. The van der Waals surface area contributed by atoms with E-state index in [4.69, 9.17) is 0 Å². The van der Waals surface area contributed by atoms with E-state index in [2.05, 4.69) is 31.6 Å². The molecule has 1 aromatic heterocycles. The molecule has 1 aromatic carbocycles. The molecule has 6 heteroatoms. The van der Waals surface area contributed by atoms with E-state index in [1.54, 1.807) is 13.1 Å². The number of hydrogen-bond acceptors (Lipinski definition) is 3. The monoisotopic (exact) mass is 383 g/mol. The van der Waals surface area contributed by atoms with Crippen molar-refractivity contribution in [1.29, 1.82) is 0 Å². The number of pyridine rings is 1. The molecular formula is C22H30FN5. The molecule has 3 rings (SSSR count). The van der Waals surface area contributed by atoms with Gasteiger partial charge in [-0.25, -0.2) is 9.37 Å². The highest BCUT2D eigenvalue weighted by molar-refractivity contribution is 5.79. The van der Waals surface area contributed by atoms with Gasteiger partial charge in [0.2, 0.25) is 0 Å². The third-order valence-electron chi connectivity index (χ3n) is 5.16. The summed E-state index contributed by atoms with van der Waals surface area (Å²) in [6, 6.07) is 9.13. The topological polar surface area (TPSA) is 52.6 Å². The summed E-state index contributed by atoms with van der Waals surface area (Å²) in [5.41, 5.74) is 3.31. The Morgan fingerprint density at radius 1 is 1.14 bits per heavy atom. The highest BCUT2D eigenvalue weighted by atomic mass is 19.1. The minimum Gasteiger partial charge on any atom is -0.357 e. The predicted molar refractivity (Wildman–Crippen MR) is 113 cm³/mol. The van der Waals surface area contributed by atoms with E-state index in [0.29, 0.717) is 6.54 Å². The first-order valence-corrected chi connectivity index (χ1v) is 10.0. The molecule has 1 aliphatic rings. The zero-order valence-corrected chi connectivity index (χ0v) is 16.8. The molecule has 2 N–H and O–H groups in total. The number of guanidine groups is 1. The molecule has 1 saturated heterocycles. The number of piperidine rings is 1. The number of nitrogens with one attached hydrogen (secondary N) is 2. The lowest BCUT2D eigenvalue weighted by atomic mass is 10.1. The maximum absolute atomic E-state index is 13.2. The van der Waals surface area contributed by atoms with Gasteiger partial charge in [-0.1, -0.05) is 6.07 Å². The summed E-state index contributed by atoms with van der Waals surface area (Å²) >= 11 is 0. The van der Waals surface area contributed by atoms with Gasteiger partial charge in [-0.15, -0.1) is 0 Å². The van der Waals surface area contributed by atoms with Crippen LogP contribution >= 0.6 is 0 Å². The summed E-state index contributed by atoms with van der Waals surface area (Å²) in [5, 5.41) is 6.69. The fourth-order valence-electron chi connectivity index (χ4n) is 3.53. The van der Waals surface area contributed by atoms with E-state index in [1.807, 2.05) is 25.3 Å². The van der Waals surface area contributed by atoms with Crippen molar-refractivity contribution in [2.75, 3.05) is 31.6 Å². The van der Waals surface area contributed by atoms with Gasteiger partial charge in [-0.05, 0) is 73.6 Å². The Morgan fingerprint density at radius 2 is 1.96 bits per heavy atom. The van der Waals surface area contributed by atoms with Crippen molar-refractivity contribution in [3.05, 3.63) is 59.0 Å². The van der Waals surface area contributed by atoms with E-state index in [9.17, 15) is 4.39 Å². The predicted octanol–water partition coefficient (Wildman–Crippen LogP) is 3.43. The summed E-state index contributed by atoms with van der Waals surface area (Å²) in [4.78, 5) is 11.2. The molecule has 2 aromatic rings. The summed E-state index contributed by atoms with van der Waals surface area (Å²) < 4.78 is 13.2. The smallest absolute Gasteiger partial charge is 0.191 e. The van der Waals surface area contributed by atoms with E-state index >= 15 is 0 Å². The fourth-order valence-corrected chi connectivity index (χ4v) is 3.53. The standard InChI is InChI=1S/C22H30FN5/c1-17-14-20(23)7-6-19(17)9-11-26-22(24-2)27-16-18-8-10-25-21(15-18)28-12-4-3-5-13-28/h6-8,10,14-15H,3-5,9,11-13,16H2,1-2H3,(H2,24,26,27). The van der Waals surface area contributed by atoms with Gasteiger partial charge in [0.1, 0.15) is 11.6 Å². The number of halogens is 1. The first-order chi connectivity index (χ1) is 13.7. The van der Waals surface area contributed by atoms with Crippen LogP contribution in [0.15, 0.2) is 41.5 Å². The van der Waals surface area contributed by atoms with Crippen LogP contribution in [-0.2, 0) is 13.0 Å². The third kappa shape index (κ3) is 5.68. The SMILES string of the molecule is CN=C(NCCc1ccc(F)cc1C)NCc1ccnc(N2CCCCC2)c1. The first-order valence-electron chi connectivity index (χ1n) is 10.0. The number of aromatic nitrogens is 1. The second kappa shape index (κ2) is 10.1. The molecule has 150 valence electrons. The first kappa shape index (κ1) is 20.1. The average Bonchev–Trinajstić information content (AvgIpc) is 2.73. The molecule has 1 fully saturated rings. The van der Waals surface area contributed by atoms with Crippen molar-refractivity contribution >= 4 is 11.8 Å². The van der Waals surface area contributed by atoms with Crippen LogP contribution in [0.4, 0.5) is 10.2 Å². The van der Waals surface area contributed by atoms with E-state index in [0.717, 1.165) is 49.0 Å². The second-order valence-corrected chi connectivity index (χ2v) is 7.24. The molecule has 0 radical (unpaired) electrons. The Morgan fingerprint density at radius 3 is 2.71 bits per heavy atom. The number of aryl methyl sites for hydroxylation is 1. The number of benzene rings is 1. The Hall–Kier alpha value is -2.63. The molecule has 0 atom stereocenters. The number of hydrogen-bond donors (Lipinski definition) is 2. The molecule has 1 aliphatic heterocycles. The van der Waals surface area contributed by atoms with Crippen LogP contribution in [-0.4, -0.2) is 37.6 Å². The average molecular weight is 384 g/mol. The van der Waals surface area contributed by atoms with E-state index in [-0.39, 0.29) is 5.82 Å². The maximum atomic E-state index is 13.2. The van der Waals surface area contributed by atoms with Crippen LogP contribution in [0, 0.1) is 12.7 Å². The molecule has 2 heterocycles. The van der Waals surface area contributed by atoms with Crippen LogP contribution in [0.2, 0.25) is 0 Å². The van der Waals surface area contributed by atoms with Gasteiger partial charge in [-0.3, -0.25) is 4.99 Å². The van der Waals surface area contributed by atoms with Gasteiger partial charge in [0.05, 0.1) is 0 Å². The van der Waals surface area contributed by atoms with Crippen molar-refractivity contribution < 1.29 is 4.39 Å². The Labute approximate surface area is 167 Å². The lowest BCUT2D eigenvalue weighted by molar-refractivity contribution is 0.573. The highest BCUT2D eigenvalue weighted by Crippen LogP contribution is 2.18. The van der Waals surface area contributed by atoms with Gasteiger partial charge in [0.25, 0.3) is 0 Å². The third-order valence-corrected chi connectivity index (χ3v) is 5.16. The zero-order chi connectivity index (χ0) is 19.8. The molecule has 0 bridgehead atoms. The second-order valence-electron chi connectivity index (χ2n) is 7.24. The summed E-state index contributed by atoms with van der Waals surface area (Å²) in [7, 11) is 1.77. The van der Waals surface area contributed by atoms with Crippen molar-refractivity contribution in [3.63, 3.8) is 0 Å². The Balaban J connectivity index is 1.48. The number of aliphatic imine (C=N–C) groups is 1. The van der Waals surface area contributed by atoms with E-state index in [1.165, 1.54) is 30.9 Å². The van der Waals surface area contributed by atoms with Crippen LogP contribution in [0.25, 0.3) is 0 Å². The molecule has 28 heavy (non-hydrogen) atoms. The van der Waals surface area contributed by atoms with Crippen molar-refractivity contribution in [2.45, 2.75) is 39.2 Å². The lowest BCUT2D eigenvalue weighted by Gasteiger charge is -2.28. The van der Waals surface area contributed by atoms with Gasteiger partial charge < -0.3 is 15.5 Å². The summed E-state index contributed by atoms with van der Waals surface area (Å²) in [6.45, 7) is 5.56. The molecule has 0 saturated carbocycles. The zero-order valence-electron chi connectivity index (χ0n) is 16.8. The minimum atomic E-state index is -0.187. The quantitative estimate of drug-likeness (QED) is 0.593. The van der Waals surface area contributed by atoms with Crippen LogP contribution in [0.1, 0.15) is 36.0 Å². The molecule has 5 nitrogen and oxygen atoms in total. The summed E-state index contributed by atoms with van der Waals surface area (Å²) in [5.74, 6) is 1.64. The van der Waals surface area contributed by atoms with Gasteiger partial charge in [0.15, 0.2) is 5.96 Å². The largest absolute Gasteiger partial charge is 0.357 e. The van der Waals surface area contributed by atoms with Crippen molar-refractivity contribution in [1.82, 2.24) is 15.6 Å². The van der Waals surface area contributed by atoms with Gasteiger partial charge in [-0.2, -0.15) is 0 Å². The minimum absolute atomic E-state index is 0.187. The van der Waals surface area contributed by atoms with Crippen molar-refractivity contribution in [2.24, 2.45) is 4.99 Å². The van der Waals surface area contributed by atoms with Gasteiger partial charge >= 0.3 is 0 Å². The van der Waals surface area contributed by atoms with Crippen LogP contribution in [0.3, 0.4) is 0 Å². The van der Waals surface area contributed by atoms with Gasteiger partial charge in [0, 0.05) is 39.4 Å². The number of rotatable bonds is 6. The van der Waals surface area contributed by atoms with Crippen molar-refractivity contribution in [3.8, 4) is 0 Å². The Bertz CT molecular complexity index is 799. The fraction of sp³-hybridized carbons (Fsp3) is 0.455. The summed E-state index contributed by atoms with van der Waals surface area (Å²) in [6.07, 6.45) is 6.51. The Kier molecular flexibility index (Phi) is 7.23. The molecular weight excluding hydrogens is 353 g/mol. The number of anilines is 1. The number of nitrogens with zero attached hydrogens (tertiary/aromatic N) is 3. The molecule has 0 unspecified atom stereocenters. The molecule has 0 spiro atoms. The normalized spacial score (nSPS) is 14.8. The van der Waals surface area contributed by atoms with Crippen LogP contribution in [0.5, 0.6) is 0 Å². The maximum Gasteiger partial charge on any atom is 0.191 e. The highest BCUT2D eigenvalue weighted by Gasteiger charge is 2.12. The molecule has 0 aliphatic carbocycles. The lowest BCUT2D eigenvalue weighted by Crippen LogP contribution is -2.38.